The van der Waals surface area contributed by atoms with Crippen molar-refractivity contribution in [3.63, 3.8) is 0 Å². The molecule has 0 aliphatic rings. The van der Waals surface area contributed by atoms with Crippen LogP contribution in [0.1, 0.15) is 5.56 Å². The molecule has 2 aromatic rings. The molecule has 0 unspecified atom stereocenters. The van der Waals surface area contributed by atoms with Crippen molar-refractivity contribution in [1.82, 2.24) is 9.55 Å². The molecule has 1 aromatic heterocycles. The lowest BCUT2D eigenvalue weighted by Gasteiger charge is -1.98. The number of halogens is 2. The molecule has 0 aliphatic heterocycles. The first kappa shape index (κ1) is 10.7. The largest absolute Gasteiger partial charge is 0.323 e. The van der Waals surface area contributed by atoms with Crippen molar-refractivity contribution < 1.29 is 4.39 Å². The molecule has 0 N–H and O–H groups in total. The van der Waals surface area contributed by atoms with Gasteiger partial charge < -0.3 is 4.57 Å². The summed E-state index contributed by atoms with van der Waals surface area (Å²) >= 11 is 5.61. The van der Waals surface area contributed by atoms with Gasteiger partial charge in [0.25, 0.3) is 0 Å². The van der Waals surface area contributed by atoms with Crippen LogP contribution in [0, 0.1) is 17.1 Å². The van der Waals surface area contributed by atoms with Gasteiger partial charge >= 0.3 is 0 Å². The minimum absolute atomic E-state index is 0.274. The van der Waals surface area contributed by atoms with Gasteiger partial charge in [-0.3, -0.25) is 0 Å². The van der Waals surface area contributed by atoms with Crippen molar-refractivity contribution in [1.29, 1.82) is 5.26 Å². The molecule has 3 nitrogen and oxygen atoms in total. The topological polar surface area (TPSA) is 41.6 Å². The molecule has 0 saturated carbocycles. The number of hydrogen-bond donors (Lipinski definition) is 0. The minimum atomic E-state index is -0.450. The highest BCUT2D eigenvalue weighted by molar-refractivity contribution is 6.15. The monoisotopic (exact) mass is 235 g/mol. The van der Waals surface area contributed by atoms with E-state index in [4.69, 9.17) is 16.9 Å². The predicted molar refractivity (Wildman–Crippen MR) is 58.2 cm³/mol. The highest BCUT2D eigenvalue weighted by atomic mass is 35.5. The number of benzene rings is 1. The second kappa shape index (κ2) is 4.33. The molecule has 1 aromatic carbocycles. The second-order valence-electron chi connectivity index (χ2n) is 3.23. The Morgan fingerprint density at radius 2 is 2.25 bits per heavy atom. The fraction of sp³-hybridized carbons (Fsp3) is 0.0909. The van der Waals surface area contributed by atoms with E-state index in [2.05, 4.69) is 4.98 Å². The molecule has 0 radical (unpaired) electrons. The standard InChI is InChI=1S/C11H7ClFN3/c12-6-16-5-11(15-7-16)9-1-8(4-14)2-10(13)3-9/h1-3,5,7H,6H2. The smallest absolute Gasteiger partial charge is 0.125 e. The zero-order valence-electron chi connectivity index (χ0n) is 8.19. The summed E-state index contributed by atoms with van der Waals surface area (Å²) in [4.78, 5) is 4.08. The summed E-state index contributed by atoms with van der Waals surface area (Å²) in [7, 11) is 0. The van der Waals surface area contributed by atoms with Crippen LogP contribution in [-0.4, -0.2) is 9.55 Å². The summed E-state index contributed by atoms with van der Waals surface area (Å²) in [6.07, 6.45) is 3.25. The van der Waals surface area contributed by atoms with Crippen molar-refractivity contribution in [2.75, 3.05) is 0 Å². The Balaban J connectivity index is 2.47. The predicted octanol–water partition coefficient (Wildman–Crippen LogP) is 2.76. The van der Waals surface area contributed by atoms with E-state index in [1.54, 1.807) is 23.2 Å². The fourth-order valence-corrected chi connectivity index (χ4v) is 1.51. The van der Waals surface area contributed by atoms with E-state index < -0.39 is 5.82 Å². The van der Waals surface area contributed by atoms with E-state index in [9.17, 15) is 4.39 Å². The van der Waals surface area contributed by atoms with Crippen molar-refractivity contribution in [3.05, 3.63) is 42.1 Å². The number of imidazole rings is 1. The van der Waals surface area contributed by atoms with Gasteiger partial charge in [0.05, 0.1) is 29.7 Å². The third-order valence-corrected chi connectivity index (χ3v) is 2.37. The highest BCUT2D eigenvalue weighted by Crippen LogP contribution is 2.20. The van der Waals surface area contributed by atoms with Crippen LogP contribution in [0.25, 0.3) is 11.3 Å². The molecule has 0 saturated heterocycles. The summed E-state index contributed by atoms with van der Waals surface area (Å²) in [5.74, 6) is -0.450. The first-order valence-corrected chi connectivity index (χ1v) is 5.05. The number of alkyl halides is 1. The van der Waals surface area contributed by atoms with Crippen molar-refractivity contribution >= 4 is 11.6 Å². The molecular formula is C11H7ClFN3. The highest BCUT2D eigenvalue weighted by Gasteiger charge is 2.05. The number of hydrogen-bond acceptors (Lipinski definition) is 2. The van der Waals surface area contributed by atoms with Crippen LogP contribution in [0.4, 0.5) is 4.39 Å². The SMILES string of the molecule is N#Cc1cc(F)cc(-c2cn(CCl)cn2)c1. The average molecular weight is 236 g/mol. The van der Waals surface area contributed by atoms with Gasteiger partial charge in [0.2, 0.25) is 0 Å². The van der Waals surface area contributed by atoms with Crippen LogP contribution in [0.15, 0.2) is 30.7 Å². The van der Waals surface area contributed by atoms with E-state index in [0.29, 0.717) is 11.3 Å². The third kappa shape index (κ3) is 2.05. The van der Waals surface area contributed by atoms with Gasteiger partial charge in [0.1, 0.15) is 5.82 Å². The number of nitriles is 1. The molecule has 2 rings (SSSR count). The first-order valence-electron chi connectivity index (χ1n) is 4.52. The Kier molecular flexibility index (Phi) is 2.88. The van der Waals surface area contributed by atoms with E-state index >= 15 is 0 Å². The van der Waals surface area contributed by atoms with E-state index in [-0.39, 0.29) is 11.6 Å². The molecule has 0 spiro atoms. The normalized spacial score (nSPS) is 10.1. The van der Waals surface area contributed by atoms with Crippen LogP contribution >= 0.6 is 11.6 Å². The number of rotatable bonds is 2. The maximum atomic E-state index is 13.2. The lowest BCUT2D eigenvalue weighted by molar-refractivity contribution is 0.628. The Hall–Kier alpha value is -1.86. The molecule has 0 bridgehead atoms. The Morgan fingerprint density at radius 3 is 2.88 bits per heavy atom. The quantitative estimate of drug-likeness (QED) is 0.751. The zero-order valence-corrected chi connectivity index (χ0v) is 8.95. The second-order valence-corrected chi connectivity index (χ2v) is 3.47. The van der Waals surface area contributed by atoms with Crippen molar-refractivity contribution in [3.8, 4) is 17.3 Å². The summed E-state index contributed by atoms with van der Waals surface area (Å²) in [6.45, 7) is 0. The zero-order chi connectivity index (χ0) is 11.5. The number of nitrogens with zero attached hydrogens (tertiary/aromatic N) is 3. The Bertz CT molecular complexity index is 557. The van der Waals surface area contributed by atoms with Crippen LogP contribution in [0.2, 0.25) is 0 Å². The van der Waals surface area contributed by atoms with Crippen LogP contribution in [0.3, 0.4) is 0 Å². The molecule has 0 atom stereocenters. The van der Waals surface area contributed by atoms with Gasteiger partial charge in [-0.25, -0.2) is 9.37 Å². The fourth-order valence-electron chi connectivity index (χ4n) is 1.38. The molecule has 1 heterocycles. The maximum absolute atomic E-state index is 13.2. The van der Waals surface area contributed by atoms with Gasteiger partial charge in [-0.2, -0.15) is 5.26 Å². The lowest BCUT2D eigenvalue weighted by atomic mass is 10.1. The van der Waals surface area contributed by atoms with Gasteiger partial charge in [-0.1, -0.05) is 0 Å². The molecule has 0 fully saturated rings. The molecular weight excluding hydrogens is 229 g/mol. The summed E-state index contributed by atoms with van der Waals surface area (Å²) in [6, 6.07) is 6.29. The average Bonchev–Trinajstić information content (AvgIpc) is 2.76. The van der Waals surface area contributed by atoms with Crippen molar-refractivity contribution in [2.45, 2.75) is 6.00 Å². The molecule has 0 aliphatic carbocycles. The van der Waals surface area contributed by atoms with Crippen LogP contribution in [0.5, 0.6) is 0 Å². The van der Waals surface area contributed by atoms with E-state index in [1.807, 2.05) is 6.07 Å². The molecule has 0 amide bonds. The minimum Gasteiger partial charge on any atom is -0.323 e. The van der Waals surface area contributed by atoms with Gasteiger partial charge in [0, 0.05) is 11.8 Å². The van der Waals surface area contributed by atoms with E-state index in [1.165, 1.54) is 12.1 Å². The molecule has 16 heavy (non-hydrogen) atoms. The van der Waals surface area contributed by atoms with Crippen LogP contribution in [-0.2, 0) is 6.00 Å². The van der Waals surface area contributed by atoms with Gasteiger partial charge in [-0.15, -0.1) is 11.6 Å². The van der Waals surface area contributed by atoms with Gasteiger partial charge in [0.15, 0.2) is 0 Å². The summed E-state index contributed by atoms with van der Waals surface area (Å²) in [5.41, 5.74) is 1.44. The third-order valence-electron chi connectivity index (χ3n) is 2.09. The number of aromatic nitrogens is 2. The summed E-state index contributed by atoms with van der Waals surface area (Å²) < 4.78 is 14.8. The van der Waals surface area contributed by atoms with E-state index in [0.717, 1.165) is 0 Å². The van der Waals surface area contributed by atoms with Crippen molar-refractivity contribution in [2.24, 2.45) is 0 Å². The van der Waals surface area contributed by atoms with Gasteiger partial charge in [-0.05, 0) is 18.2 Å². The Labute approximate surface area is 96.7 Å². The lowest BCUT2D eigenvalue weighted by Crippen LogP contribution is -1.85. The Morgan fingerprint density at radius 1 is 1.44 bits per heavy atom. The maximum Gasteiger partial charge on any atom is 0.125 e. The summed E-state index contributed by atoms with van der Waals surface area (Å²) in [5, 5.41) is 8.72. The molecule has 5 heteroatoms. The van der Waals surface area contributed by atoms with Crippen LogP contribution < -0.4 is 0 Å². The first-order chi connectivity index (χ1) is 7.72. The molecule has 80 valence electrons.